The first kappa shape index (κ1) is 21.7. The molecule has 162 valence electrons. The molecule has 0 fully saturated rings. The number of benzene rings is 2. The summed E-state index contributed by atoms with van der Waals surface area (Å²) in [7, 11) is 0. The van der Waals surface area contributed by atoms with Crippen LogP contribution in [0.3, 0.4) is 0 Å². The predicted molar refractivity (Wildman–Crippen MR) is 117 cm³/mol. The Hall–Kier alpha value is -4.56. The van der Waals surface area contributed by atoms with Crippen molar-refractivity contribution in [3.05, 3.63) is 93.8 Å². The molecule has 0 aliphatic heterocycles. The lowest BCUT2D eigenvalue weighted by molar-refractivity contribution is 0.0931. The van der Waals surface area contributed by atoms with Crippen LogP contribution in [0.4, 0.5) is 4.39 Å². The van der Waals surface area contributed by atoms with Crippen LogP contribution in [0, 0.1) is 29.5 Å². The van der Waals surface area contributed by atoms with Gasteiger partial charge in [-0.2, -0.15) is 5.26 Å². The molecule has 1 atom stereocenters. The van der Waals surface area contributed by atoms with E-state index in [1.807, 2.05) is 12.1 Å². The van der Waals surface area contributed by atoms with Crippen LogP contribution in [0.5, 0.6) is 0 Å². The molecule has 2 amide bonds. The topological polar surface area (TPSA) is 108 Å². The Labute approximate surface area is 189 Å². The van der Waals surface area contributed by atoms with Crippen molar-refractivity contribution in [3.63, 3.8) is 0 Å². The van der Waals surface area contributed by atoms with Gasteiger partial charge in [0.15, 0.2) is 0 Å². The molecule has 3 aromatic rings. The first-order valence-corrected chi connectivity index (χ1v) is 10.2. The number of nitrogens with one attached hydrogen (secondary N) is 2. The van der Waals surface area contributed by atoms with Gasteiger partial charge in [-0.3, -0.25) is 9.59 Å². The minimum absolute atomic E-state index is 0.0277. The summed E-state index contributed by atoms with van der Waals surface area (Å²) in [5, 5.41) is 14.7. The lowest BCUT2D eigenvalue weighted by Gasteiger charge is -2.14. The maximum Gasteiger partial charge on any atom is 0.270 e. The van der Waals surface area contributed by atoms with E-state index in [1.165, 1.54) is 24.3 Å². The normalized spacial score (nSPS) is 14.0. The third-order valence-electron chi connectivity index (χ3n) is 5.43. The largest absolute Gasteiger partial charge is 0.347 e. The molecule has 0 unspecified atom stereocenters. The number of fused-ring (bicyclic) bond motifs is 1. The SMILES string of the molecule is C#Cc1cc(CNC(=O)c2cc(C(=O)N[C@H]3CCc4cc(C#N)ccc43)ncn2)ccc1F. The van der Waals surface area contributed by atoms with E-state index >= 15 is 0 Å². The number of nitrogens with zero attached hydrogens (tertiary/aromatic N) is 3. The Kier molecular flexibility index (Phi) is 6.10. The van der Waals surface area contributed by atoms with Gasteiger partial charge in [-0.1, -0.05) is 18.1 Å². The Morgan fingerprint density at radius 3 is 2.67 bits per heavy atom. The molecule has 1 aromatic heterocycles. The monoisotopic (exact) mass is 439 g/mol. The molecule has 1 aliphatic rings. The van der Waals surface area contributed by atoms with Gasteiger partial charge in [0, 0.05) is 12.6 Å². The average Bonchev–Trinajstić information content (AvgIpc) is 3.25. The van der Waals surface area contributed by atoms with Crippen LogP contribution < -0.4 is 10.6 Å². The molecule has 1 aliphatic carbocycles. The lowest BCUT2D eigenvalue weighted by atomic mass is 10.1. The molecule has 2 aromatic carbocycles. The molecular formula is C25H18FN5O2. The molecule has 2 N–H and O–H groups in total. The number of rotatable bonds is 5. The molecule has 0 spiro atoms. The standard InChI is InChI=1S/C25H18FN5O2/c1-2-17-10-16(4-7-20(17)26)13-28-24(32)22-11-23(30-14-29-22)25(33)31-21-8-5-18-9-15(12-27)3-6-19(18)21/h1,3-4,6-7,9-11,14,21H,5,8,13H2,(H,28,32)(H,31,33)/t21-/m0/s1. The molecule has 4 rings (SSSR count). The molecule has 0 radical (unpaired) electrons. The summed E-state index contributed by atoms with van der Waals surface area (Å²) in [5.74, 6) is 0.813. The van der Waals surface area contributed by atoms with E-state index in [9.17, 15) is 14.0 Å². The second kappa shape index (κ2) is 9.29. The van der Waals surface area contributed by atoms with Crippen molar-refractivity contribution in [1.82, 2.24) is 20.6 Å². The van der Waals surface area contributed by atoms with Crippen molar-refractivity contribution in [3.8, 4) is 18.4 Å². The van der Waals surface area contributed by atoms with Gasteiger partial charge in [0.2, 0.25) is 0 Å². The van der Waals surface area contributed by atoms with E-state index in [0.717, 1.165) is 23.9 Å². The highest BCUT2D eigenvalue weighted by molar-refractivity contribution is 5.97. The third-order valence-corrected chi connectivity index (χ3v) is 5.43. The maximum atomic E-state index is 13.5. The van der Waals surface area contributed by atoms with Gasteiger partial charge in [0.1, 0.15) is 23.5 Å². The first-order valence-electron chi connectivity index (χ1n) is 10.2. The highest BCUT2D eigenvalue weighted by Gasteiger charge is 2.25. The number of terminal acetylenes is 1. The Bertz CT molecular complexity index is 1340. The van der Waals surface area contributed by atoms with Gasteiger partial charge in [-0.05, 0) is 53.8 Å². The molecule has 0 bridgehead atoms. The van der Waals surface area contributed by atoms with Crippen LogP contribution >= 0.6 is 0 Å². The molecule has 7 nitrogen and oxygen atoms in total. The zero-order valence-electron chi connectivity index (χ0n) is 17.4. The first-order chi connectivity index (χ1) is 16.0. The van der Waals surface area contributed by atoms with Crippen molar-refractivity contribution in [1.29, 1.82) is 5.26 Å². The van der Waals surface area contributed by atoms with Crippen LogP contribution in [0.15, 0.2) is 48.8 Å². The number of carbonyl (C=O) groups is 2. The zero-order chi connectivity index (χ0) is 23.4. The number of hydrogen-bond donors (Lipinski definition) is 2. The van der Waals surface area contributed by atoms with Crippen molar-refractivity contribution < 1.29 is 14.0 Å². The van der Waals surface area contributed by atoms with Gasteiger partial charge >= 0.3 is 0 Å². The van der Waals surface area contributed by atoms with E-state index in [-0.39, 0.29) is 29.5 Å². The summed E-state index contributed by atoms with van der Waals surface area (Å²) in [6.07, 6.45) is 7.89. The second-order valence-corrected chi connectivity index (χ2v) is 7.52. The fourth-order valence-electron chi connectivity index (χ4n) is 3.74. The number of hydrogen-bond acceptors (Lipinski definition) is 5. The van der Waals surface area contributed by atoms with Crippen LogP contribution in [-0.4, -0.2) is 21.8 Å². The van der Waals surface area contributed by atoms with Gasteiger partial charge in [-0.15, -0.1) is 6.42 Å². The van der Waals surface area contributed by atoms with E-state index in [0.29, 0.717) is 17.5 Å². The van der Waals surface area contributed by atoms with Gasteiger partial charge in [0.25, 0.3) is 11.8 Å². The van der Waals surface area contributed by atoms with Gasteiger partial charge in [-0.25, -0.2) is 14.4 Å². The summed E-state index contributed by atoms with van der Waals surface area (Å²) in [6, 6.07) is 12.9. The molecule has 0 saturated carbocycles. The van der Waals surface area contributed by atoms with Crippen molar-refractivity contribution in [2.75, 3.05) is 0 Å². The van der Waals surface area contributed by atoms with E-state index in [1.54, 1.807) is 6.07 Å². The molecule has 33 heavy (non-hydrogen) atoms. The summed E-state index contributed by atoms with van der Waals surface area (Å²) >= 11 is 0. The molecule has 8 heteroatoms. The number of halogens is 1. The van der Waals surface area contributed by atoms with Crippen molar-refractivity contribution in [2.45, 2.75) is 25.4 Å². The van der Waals surface area contributed by atoms with Gasteiger partial charge < -0.3 is 10.6 Å². The lowest BCUT2D eigenvalue weighted by Crippen LogP contribution is -2.29. The fourth-order valence-corrected chi connectivity index (χ4v) is 3.74. The third kappa shape index (κ3) is 4.70. The highest BCUT2D eigenvalue weighted by Crippen LogP contribution is 2.31. The smallest absolute Gasteiger partial charge is 0.270 e. The summed E-state index contributed by atoms with van der Waals surface area (Å²) in [6.45, 7) is 0.114. The summed E-state index contributed by atoms with van der Waals surface area (Å²) < 4.78 is 13.5. The minimum atomic E-state index is -0.506. The summed E-state index contributed by atoms with van der Waals surface area (Å²) in [4.78, 5) is 33.2. The van der Waals surface area contributed by atoms with E-state index in [4.69, 9.17) is 11.7 Å². The minimum Gasteiger partial charge on any atom is -0.347 e. The second-order valence-electron chi connectivity index (χ2n) is 7.52. The average molecular weight is 439 g/mol. The molecule has 0 saturated heterocycles. The fraction of sp³-hybridized carbons (Fsp3) is 0.160. The number of amides is 2. The van der Waals surface area contributed by atoms with Gasteiger partial charge in [0.05, 0.1) is 23.2 Å². The van der Waals surface area contributed by atoms with E-state index < -0.39 is 17.6 Å². The van der Waals surface area contributed by atoms with Crippen molar-refractivity contribution in [2.24, 2.45) is 0 Å². The Balaban J connectivity index is 1.42. The maximum absolute atomic E-state index is 13.5. The number of nitriles is 1. The van der Waals surface area contributed by atoms with Crippen LogP contribution in [-0.2, 0) is 13.0 Å². The van der Waals surface area contributed by atoms with Crippen LogP contribution in [0.2, 0.25) is 0 Å². The Morgan fingerprint density at radius 1 is 1.12 bits per heavy atom. The van der Waals surface area contributed by atoms with Crippen molar-refractivity contribution >= 4 is 11.8 Å². The number of carbonyl (C=O) groups excluding carboxylic acids is 2. The number of aromatic nitrogens is 2. The van der Waals surface area contributed by atoms with E-state index in [2.05, 4.69) is 32.6 Å². The summed E-state index contributed by atoms with van der Waals surface area (Å²) in [5.41, 5.74) is 3.43. The predicted octanol–water partition coefficient (Wildman–Crippen LogP) is 2.82. The Morgan fingerprint density at radius 2 is 1.91 bits per heavy atom. The number of aryl methyl sites for hydroxylation is 1. The van der Waals surface area contributed by atoms with Crippen LogP contribution in [0.1, 0.15) is 61.3 Å². The van der Waals surface area contributed by atoms with Crippen LogP contribution in [0.25, 0.3) is 0 Å². The zero-order valence-corrected chi connectivity index (χ0v) is 17.4. The molecule has 1 heterocycles. The quantitative estimate of drug-likeness (QED) is 0.595. The highest BCUT2D eigenvalue weighted by atomic mass is 19.1. The molecular weight excluding hydrogens is 421 g/mol.